The first-order chi connectivity index (χ1) is 7.36. The van der Waals surface area contributed by atoms with Gasteiger partial charge in [-0.3, -0.25) is 4.79 Å². The fraction of sp³-hybridized carbons (Fsp3) is 0.462. The number of hydrogen-bond acceptors (Lipinski definition) is 3. The highest BCUT2D eigenvalue weighted by Gasteiger charge is 2.28. The third-order valence-electron chi connectivity index (χ3n) is 2.59. The molecule has 3 heteroatoms. The minimum Gasteiger partial charge on any atom is -0.497 e. The third-order valence-corrected chi connectivity index (χ3v) is 2.59. The maximum Gasteiger partial charge on any atom is 0.180 e. The van der Waals surface area contributed by atoms with Crippen LogP contribution in [-0.4, -0.2) is 18.9 Å². The van der Waals surface area contributed by atoms with E-state index in [1.807, 2.05) is 20.8 Å². The van der Waals surface area contributed by atoms with Crippen molar-refractivity contribution in [3.8, 4) is 5.75 Å². The molecule has 0 bridgehead atoms. The third kappa shape index (κ3) is 2.83. The van der Waals surface area contributed by atoms with Crippen molar-refractivity contribution in [2.75, 3.05) is 7.11 Å². The number of ketones is 1. The van der Waals surface area contributed by atoms with Crippen molar-refractivity contribution in [1.82, 2.24) is 0 Å². The van der Waals surface area contributed by atoms with Crippen LogP contribution in [0.2, 0.25) is 0 Å². The smallest absolute Gasteiger partial charge is 0.180 e. The lowest BCUT2D eigenvalue weighted by molar-refractivity contribution is 0.0901. The summed E-state index contributed by atoms with van der Waals surface area (Å²) >= 11 is 0. The Morgan fingerprint density at radius 1 is 1.25 bits per heavy atom. The highest BCUT2D eigenvalue weighted by atomic mass is 16.5. The number of ether oxygens (including phenoxy) is 1. The van der Waals surface area contributed by atoms with Gasteiger partial charge in [-0.2, -0.15) is 0 Å². The minimum atomic E-state index is -0.485. The Hall–Kier alpha value is -1.35. The van der Waals surface area contributed by atoms with Crippen molar-refractivity contribution in [3.05, 3.63) is 29.8 Å². The molecule has 1 rings (SSSR count). The molecule has 0 heterocycles. The van der Waals surface area contributed by atoms with Crippen molar-refractivity contribution in [2.24, 2.45) is 11.1 Å². The first-order valence-corrected chi connectivity index (χ1v) is 5.30. The topological polar surface area (TPSA) is 52.3 Å². The number of carbonyl (C=O) groups is 1. The fourth-order valence-corrected chi connectivity index (χ4v) is 1.33. The summed E-state index contributed by atoms with van der Waals surface area (Å²) in [6, 6.07) is 6.53. The van der Waals surface area contributed by atoms with Gasteiger partial charge in [0.1, 0.15) is 5.75 Å². The van der Waals surface area contributed by atoms with E-state index < -0.39 is 6.04 Å². The van der Waals surface area contributed by atoms with Crippen LogP contribution in [0.4, 0.5) is 0 Å². The predicted molar refractivity (Wildman–Crippen MR) is 64.8 cm³/mol. The molecule has 0 aromatic heterocycles. The van der Waals surface area contributed by atoms with Crippen molar-refractivity contribution >= 4 is 5.78 Å². The summed E-state index contributed by atoms with van der Waals surface area (Å²) in [5, 5.41) is 0. The van der Waals surface area contributed by atoms with Crippen molar-refractivity contribution < 1.29 is 9.53 Å². The van der Waals surface area contributed by atoms with Crippen LogP contribution in [0.15, 0.2) is 24.3 Å². The Morgan fingerprint density at radius 2 is 1.75 bits per heavy atom. The molecule has 0 aliphatic carbocycles. The van der Waals surface area contributed by atoms with Gasteiger partial charge >= 0.3 is 0 Å². The van der Waals surface area contributed by atoms with Gasteiger partial charge in [0, 0.05) is 5.56 Å². The van der Waals surface area contributed by atoms with E-state index in [9.17, 15) is 4.79 Å². The zero-order valence-corrected chi connectivity index (χ0v) is 10.3. The number of methoxy groups -OCH3 is 1. The molecule has 0 spiro atoms. The molecule has 1 unspecified atom stereocenters. The molecule has 1 atom stereocenters. The van der Waals surface area contributed by atoms with E-state index in [2.05, 4.69) is 0 Å². The first-order valence-electron chi connectivity index (χ1n) is 5.30. The highest BCUT2D eigenvalue weighted by molar-refractivity contribution is 6.00. The van der Waals surface area contributed by atoms with Crippen LogP contribution < -0.4 is 10.5 Å². The monoisotopic (exact) mass is 221 g/mol. The Morgan fingerprint density at radius 3 is 2.12 bits per heavy atom. The van der Waals surface area contributed by atoms with Crippen LogP contribution in [-0.2, 0) is 0 Å². The first kappa shape index (κ1) is 12.7. The lowest BCUT2D eigenvalue weighted by atomic mass is 9.83. The predicted octanol–water partition coefficient (Wildman–Crippen LogP) is 2.25. The average molecular weight is 221 g/mol. The molecule has 16 heavy (non-hydrogen) atoms. The van der Waals surface area contributed by atoms with Crippen LogP contribution >= 0.6 is 0 Å². The molecule has 0 aliphatic rings. The van der Waals surface area contributed by atoms with Gasteiger partial charge in [0.2, 0.25) is 0 Å². The molecule has 0 amide bonds. The second-order valence-corrected chi connectivity index (χ2v) is 4.94. The second-order valence-electron chi connectivity index (χ2n) is 4.94. The van der Waals surface area contributed by atoms with Gasteiger partial charge in [0.25, 0.3) is 0 Å². The van der Waals surface area contributed by atoms with Gasteiger partial charge in [-0.15, -0.1) is 0 Å². The molecular formula is C13H19NO2. The molecule has 0 radical (unpaired) electrons. The molecule has 1 aromatic carbocycles. The lowest BCUT2D eigenvalue weighted by Gasteiger charge is -2.25. The fourth-order valence-electron chi connectivity index (χ4n) is 1.33. The summed E-state index contributed by atoms with van der Waals surface area (Å²) in [4.78, 5) is 12.0. The summed E-state index contributed by atoms with van der Waals surface area (Å²) in [6.45, 7) is 5.87. The zero-order valence-electron chi connectivity index (χ0n) is 10.3. The van der Waals surface area contributed by atoms with E-state index in [0.717, 1.165) is 5.75 Å². The van der Waals surface area contributed by atoms with Gasteiger partial charge in [-0.25, -0.2) is 0 Å². The number of carbonyl (C=O) groups excluding carboxylic acids is 1. The number of nitrogens with two attached hydrogens (primary N) is 1. The molecule has 0 saturated heterocycles. The van der Waals surface area contributed by atoms with Gasteiger partial charge < -0.3 is 10.5 Å². The van der Waals surface area contributed by atoms with E-state index >= 15 is 0 Å². The Bertz CT molecular complexity index is 363. The minimum absolute atomic E-state index is 0.0323. The number of benzene rings is 1. The van der Waals surface area contributed by atoms with Crippen LogP contribution in [0.5, 0.6) is 5.75 Å². The average Bonchev–Trinajstić information content (AvgIpc) is 2.26. The summed E-state index contributed by atoms with van der Waals surface area (Å²) in [5.41, 5.74) is 6.32. The van der Waals surface area contributed by atoms with Gasteiger partial charge in [0.05, 0.1) is 13.2 Å². The quantitative estimate of drug-likeness (QED) is 0.796. The summed E-state index contributed by atoms with van der Waals surface area (Å²) in [5.74, 6) is 0.705. The van der Waals surface area contributed by atoms with E-state index in [-0.39, 0.29) is 11.2 Å². The van der Waals surface area contributed by atoms with E-state index in [1.165, 1.54) is 0 Å². The molecule has 0 saturated carbocycles. The van der Waals surface area contributed by atoms with E-state index in [0.29, 0.717) is 5.56 Å². The molecule has 0 aliphatic heterocycles. The van der Waals surface area contributed by atoms with Crippen LogP contribution in [0.1, 0.15) is 31.1 Å². The molecule has 88 valence electrons. The number of hydrogen-bond donors (Lipinski definition) is 1. The van der Waals surface area contributed by atoms with Gasteiger partial charge in [-0.1, -0.05) is 20.8 Å². The summed E-state index contributed by atoms with van der Waals surface area (Å²) in [6.07, 6.45) is 0. The molecule has 1 aromatic rings. The lowest BCUT2D eigenvalue weighted by Crippen LogP contribution is -2.42. The van der Waals surface area contributed by atoms with Gasteiger partial charge in [-0.05, 0) is 29.7 Å². The molecular weight excluding hydrogens is 202 g/mol. The van der Waals surface area contributed by atoms with E-state index in [1.54, 1.807) is 31.4 Å². The van der Waals surface area contributed by atoms with Crippen LogP contribution in [0.25, 0.3) is 0 Å². The maximum atomic E-state index is 12.0. The normalized spacial score (nSPS) is 13.3. The Balaban J connectivity index is 2.88. The van der Waals surface area contributed by atoms with Crippen molar-refractivity contribution in [2.45, 2.75) is 26.8 Å². The zero-order chi connectivity index (χ0) is 12.3. The number of rotatable bonds is 3. The Kier molecular flexibility index (Phi) is 3.70. The Labute approximate surface area is 96.6 Å². The largest absolute Gasteiger partial charge is 0.497 e. The van der Waals surface area contributed by atoms with Crippen molar-refractivity contribution in [3.63, 3.8) is 0 Å². The highest BCUT2D eigenvalue weighted by Crippen LogP contribution is 2.21. The summed E-state index contributed by atoms with van der Waals surface area (Å²) < 4.78 is 5.03. The standard InChI is InChI=1S/C13H19NO2/c1-13(2,3)12(14)11(15)9-5-7-10(16-4)8-6-9/h5-8,12H,14H2,1-4H3. The van der Waals surface area contributed by atoms with Crippen LogP contribution in [0.3, 0.4) is 0 Å². The molecule has 3 nitrogen and oxygen atoms in total. The van der Waals surface area contributed by atoms with Gasteiger partial charge in [0.15, 0.2) is 5.78 Å². The summed E-state index contributed by atoms with van der Waals surface area (Å²) in [7, 11) is 1.59. The van der Waals surface area contributed by atoms with E-state index in [4.69, 9.17) is 10.5 Å². The maximum absolute atomic E-state index is 12.0. The molecule has 0 fully saturated rings. The number of Topliss-reactive ketones (excluding diaryl/α,β-unsaturated/α-hetero) is 1. The SMILES string of the molecule is COc1ccc(C(=O)C(N)C(C)(C)C)cc1. The molecule has 2 N–H and O–H groups in total. The second kappa shape index (κ2) is 4.66. The van der Waals surface area contributed by atoms with Crippen LogP contribution in [0, 0.1) is 5.41 Å². The van der Waals surface area contributed by atoms with Crippen molar-refractivity contribution in [1.29, 1.82) is 0 Å².